The molecule has 4 rings (SSSR count). The van der Waals surface area contributed by atoms with Crippen LogP contribution in [-0.2, 0) is 11.3 Å². The Morgan fingerprint density at radius 1 is 1.08 bits per heavy atom. The summed E-state index contributed by atoms with van der Waals surface area (Å²) in [5.41, 5.74) is 1.45. The van der Waals surface area contributed by atoms with E-state index in [-0.39, 0.29) is 11.8 Å². The fourth-order valence-corrected chi connectivity index (χ4v) is 3.62. The molecule has 132 valence electrons. The monoisotopic (exact) mass is 366 g/mol. The summed E-state index contributed by atoms with van der Waals surface area (Å²) in [5.74, 6) is -0.0797. The van der Waals surface area contributed by atoms with Gasteiger partial charge in [-0.25, -0.2) is 0 Å². The Morgan fingerprint density at radius 2 is 1.92 bits per heavy atom. The zero-order valence-corrected chi connectivity index (χ0v) is 15.0. The quantitative estimate of drug-likeness (QED) is 0.715. The first-order valence-corrected chi connectivity index (χ1v) is 9.26. The molecule has 0 radical (unpaired) electrons. The summed E-state index contributed by atoms with van der Waals surface area (Å²) in [6.07, 6.45) is 1.81. The van der Waals surface area contributed by atoms with E-state index < -0.39 is 0 Å². The second-order valence-corrected chi connectivity index (χ2v) is 6.89. The highest BCUT2D eigenvalue weighted by Crippen LogP contribution is 2.18. The van der Waals surface area contributed by atoms with Gasteiger partial charge in [0.05, 0.1) is 17.9 Å². The Morgan fingerprint density at radius 3 is 2.73 bits per heavy atom. The molecule has 0 aliphatic carbocycles. The summed E-state index contributed by atoms with van der Waals surface area (Å²) in [7, 11) is 0. The molecule has 0 bridgehead atoms. The molecule has 0 atom stereocenters. The summed E-state index contributed by atoms with van der Waals surface area (Å²) in [4.78, 5) is 28.5. The molecule has 1 aromatic heterocycles. The van der Waals surface area contributed by atoms with Crippen LogP contribution in [0.3, 0.4) is 0 Å². The Bertz CT molecular complexity index is 942. The third kappa shape index (κ3) is 3.43. The maximum Gasteiger partial charge on any atom is 0.275 e. The van der Waals surface area contributed by atoms with Crippen molar-refractivity contribution in [1.82, 2.24) is 18.5 Å². The number of nitrogens with zero attached hydrogens (tertiary/aromatic N) is 4. The zero-order valence-electron chi connectivity index (χ0n) is 14.2. The van der Waals surface area contributed by atoms with Gasteiger partial charge in [0.2, 0.25) is 5.91 Å². The molecule has 2 heterocycles. The number of aromatic nitrogens is 2. The van der Waals surface area contributed by atoms with Gasteiger partial charge in [0.1, 0.15) is 0 Å². The first-order valence-electron chi connectivity index (χ1n) is 8.53. The van der Waals surface area contributed by atoms with E-state index in [1.165, 1.54) is 17.0 Å². The normalized spacial score (nSPS) is 15.3. The zero-order chi connectivity index (χ0) is 17.9. The molecule has 0 spiro atoms. The average Bonchev–Trinajstić information content (AvgIpc) is 3.14. The molecular formula is C19H18N4O2S. The van der Waals surface area contributed by atoms with E-state index >= 15 is 0 Å². The Balaban J connectivity index is 1.46. The van der Waals surface area contributed by atoms with Crippen LogP contribution in [0.2, 0.25) is 0 Å². The Kier molecular flexibility index (Phi) is 4.62. The maximum atomic E-state index is 12.5. The van der Waals surface area contributed by atoms with Crippen molar-refractivity contribution in [2.45, 2.75) is 13.0 Å². The van der Waals surface area contributed by atoms with Crippen LogP contribution in [0.4, 0.5) is 0 Å². The fourth-order valence-electron chi connectivity index (χ4n) is 3.22. The molecule has 0 saturated carbocycles. The van der Waals surface area contributed by atoms with Crippen molar-refractivity contribution in [3.63, 3.8) is 0 Å². The highest BCUT2D eigenvalue weighted by Gasteiger charge is 2.25. The van der Waals surface area contributed by atoms with Gasteiger partial charge in [0.15, 0.2) is 5.69 Å². The summed E-state index contributed by atoms with van der Waals surface area (Å²) in [5, 5.41) is 2.35. The molecule has 7 heteroatoms. The molecule has 6 nitrogen and oxygen atoms in total. The topological polar surface area (TPSA) is 66.4 Å². The second-order valence-electron chi connectivity index (χ2n) is 6.33. The highest BCUT2D eigenvalue weighted by molar-refractivity contribution is 6.99. The molecule has 1 saturated heterocycles. The van der Waals surface area contributed by atoms with Crippen molar-refractivity contribution in [2.75, 3.05) is 19.6 Å². The van der Waals surface area contributed by atoms with Crippen LogP contribution in [0.5, 0.6) is 0 Å². The highest BCUT2D eigenvalue weighted by atomic mass is 32.1. The maximum absolute atomic E-state index is 12.5. The van der Waals surface area contributed by atoms with Crippen LogP contribution >= 0.6 is 11.7 Å². The van der Waals surface area contributed by atoms with Crippen molar-refractivity contribution in [3.8, 4) is 0 Å². The predicted molar refractivity (Wildman–Crippen MR) is 99.8 cm³/mol. The molecule has 1 fully saturated rings. The van der Waals surface area contributed by atoms with Gasteiger partial charge < -0.3 is 9.80 Å². The number of benzene rings is 2. The number of rotatable bonds is 3. The average molecular weight is 366 g/mol. The van der Waals surface area contributed by atoms with Gasteiger partial charge in [-0.05, 0) is 22.4 Å². The minimum atomic E-state index is -0.154. The van der Waals surface area contributed by atoms with E-state index in [4.69, 9.17) is 0 Å². The smallest absolute Gasteiger partial charge is 0.275 e. The van der Waals surface area contributed by atoms with Gasteiger partial charge in [0, 0.05) is 32.6 Å². The van der Waals surface area contributed by atoms with Crippen molar-refractivity contribution in [2.24, 2.45) is 0 Å². The van der Waals surface area contributed by atoms with E-state index in [2.05, 4.69) is 39.1 Å². The molecule has 0 N–H and O–H groups in total. The number of fused-ring (bicyclic) bond motifs is 1. The first-order chi connectivity index (χ1) is 12.7. The molecule has 0 unspecified atom stereocenters. The van der Waals surface area contributed by atoms with Crippen LogP contribution < -0.4 is 0 Å². The lowest BCUT2D eigenvalue weighted by atomic mass is 10.1. The summed E-state index contributed by atoms with van der Waals surface area (Å²) >= 11 is 1.02. The summed E-state index contributed by atoms with van der Waals surface area (Å²) in [6.45, 7) is 2.01. The van der Waals surface area contributed by atoms with E-state index in [9.17, 15) is 9.59 Å². The standard InChI is InChI=1S/C19H18N4O2S/c24-18-7-8-22(19(25)17-12-20-26-21-17)9-10-23(18)13-14-5-6-15-3-1-2-4-16(15)11-14/h1-6,11-12H,7-10,13H2. The third-order valence-corrected chi connectivity index (χ3v) is 5.12. The number of carbonyl (C=O) groups excluding carboxylic acids is 2. The predicted octanol–water partition coefficient (Wildman–Crippen LogP) is 2.57. The van der Waals surface area contributed by atoms with E-state index in [0.717, 1.165) is 17.3 Å². The van der Waals surface area contributed by atoms with Crippen LogP contribution in [0.15, 0.2) is 48.7 Å². The van der Waals surface area contributed by atoms with Gasteiger partial charge in [-0.1, -0.05) is 36.4 Å². The largest absolute Gasteiger partial charge is 0.337 e. The lowest BCUT2D eigenvalue weighted by Crippen LogP contribution is -2.35. The SMILES string of the molecule is O=C1CCN(C(=O)c2cnsn2)CCN1Cc1ccc2ccccc2c1. The van der Waals surface area contributed by atoms with Gasteiger partial charge in [-0.2, -0.15) is 8.75 Å². The van der Waals surface area contributed by atoms with Crippen LogP contribution in [0.25, 0.3) is 10.8 Å². The number of amides is 2. The molecule has 2 aromatic carbocycles. The number of hydrogen-bond acceptors (Lipinski definition) is 5. The van der Waals surface area contributed by atoms with E-state index in [1.54, 1.807) is 4.90 Å². The molecule has 1 aliphatic rings. The summed E-state index contributed by atoms with van der Waals surface area (Å²) < 4.78 is 7.88. The van der Waals surface area contributed by atoms with E-state index in [1.807, 2.05) is 17.0 Å². The number of carbonyl (C=O) groups is 2. The molecule has 2 amide bonds. The van der Waals surface area contributed by atoms with Crippen molar-refractivity contribution in [3.05, 3.63) is 59.9 Å². The number of hydrogen-bond donors (Lipinski definition) is 0. The van der Waals surface area contributed by atoms with Crippen molar-refractivity contribution >= 4 is 34.3 Å². The van der Waals surface area contributed by atoms with Gasteiger partial charge in [0.25, 0.3) is 5.91 Å². The third-order valence-electron chi connectivity index (χ3n) is 4.64. The summed E-state index contributed by atoms with van der Waals surface area (Å²) in [6, 6.07) is 14.4. The van der Waals surface area contributed by atoms with Gasteiger partial charge >= 0.3 is 0 Å². The first kappa shape index (κ1) is 16.7. The second kappa shape index (κ2) is 7.21. The van der Waals surface area contributed by atoms with Crippen LogP contribution in [-0.4, -0.2) is 50.0 Å². The van der Waals surface area contributed by atoms with Crippen LogP contribution in [0, 0.1) is 0 Å². The molecule has 1 aliphatic heterocycles. The Labute approximate surface area is 155 Å². The lowest BCUT2D eigenvalue weighted by molar-refractivity contribution is -0.130. The minimum absolute atomic E-state index is 0.0739. The molecule has 26 heavy (non-hydrogen) atoms. The minimum Gasteiger partial charge on any atom is -0.337 e. The van der Waals surface area contributed by atoms with Crippen molar-refractivity contribution < 1.29 is 9.59 Å². The van der Waals surface area contributed by atoms with Gasteiger partial charge in [-0.15, -0.1) is 0 Å². The molecular weight excluding hydrogens is 348 g/mol. The van der Waals surface area contributed by atoms with Gasteiger partial charge in [-0.3, -0.25) is 9.59 Å². The Hall–Kier alpha value is -2.80. The van der Waals surface area contributed by atoms with E-state index in [0.29, 0.717) is 38.3 Å². The lowest BCUT2D eigenvalue weighted by Gasteiger charge is -2.22. The van der Waals surface area contributed by atoms with Crippen molar-refractivity contribution in [1.29, 1.82) is 0 Å². The van der Waals surface area contributed by atoms with Crippen LogP contribution in [0.1, 0.15) is 22.5 Å². The molecule has 3 aromatic rings. The fraction of sp³-hybridized carbons (Fsp3) is 0.263.